The number of aliphatic hydroxyl groups excluding tert-OH is 1. The van der Waals surface area contributed by atoms with Crippen LogP contribution in [0, 0.1) is 29.5 Å². The summed E-state index contributed by atoms with van der Waals surface area (Å²) in [6, 6.07) is 10.7. The molecule has 0 radical (unpaired) electrons. The predicted octanol–water partition coefficient (Wildman–Crippen LogP) is 9.69. The molecule has 4 atom stereocenters. The predicted molar refractivity (Wildman–Crippen MR) is 186 cm³/mol. The number of halogens is 1. The lowest BCUT2D eigenvalue weighted by atomic mass is 9.78. The number of hydrogen-bond donors (Lipinski definition) is 3. The lowest BCUT2D eigenvalue weighted by Crippen LogP contribution is -2.50. The van der Waals surface area contributed by atoms with Gasteiger partial charge in [0.25, 0.3) is 0 Å². The largest absolute Gasteiger partial charge is 0.390 e. The van der Waals surface area contributed by atoms with Crippen LogP contribution < -0.4 is 5.32 Å². The van der Waals surface area contributed by atoms with Gasteiger partial charge in [0.1, 0.15) is 11.9 Å². The molecular weight excluding hydrogens is 551 g/mol. The number of hydrogen-bond acceptors (Lipinski definition) is 4. The smallest absolute Gasteiger partial charge is 0.249 e. The van der Waals surface area contributed by atoms with Crippen molar-refractivity contribution in [3.8, 4) is 11.1 Å². The summed E-state index contributed by atoms with van der Waals surface area (Å²) in [5.41, 5.74) is 3.76. The first kappa shape index (κ1) is 41.4. The Morgan fingerprint density at radius 2 is 1.61 bits per heavy atom. The van der Waals surface area contributed by atoms with Crippen molar-refractivity contribution in [1.82, 2.24) is 5.32 Å². The van der Waals surface area contributed by atoms with Crippen LogP contribution in [0.5, 0.6) is 0 Å². The molecule has 0 bridgehead atoms. The van der Waals surface area contributed by atoms with E-state index in [0.717, 1.165) is 41.5 Å². The van der Waals surface area contributed by atoms with Gasteiger partial charge in [-0.25, -0.2) is 4.39 Å². The second-order valence-electron chi connectivity index (χ2n) is 12.2. The summed E-state index contributed by atoms with van der Waals surface area (Å²) in [6.45, 7) is 22.6. The molecule has 3 N–H and O–H groups in total. The van der Waals surface area contributed by atoms with Crippen molar-refractivity contribution < 1.29 is 19.0 Å². The molecule has 0 aliphatic heterocycles. The Kier molecular flexibility index (Phi) is 20.7. The second kappa shape index (κ2) is 22.0. The van der Waals surface area contributed by atoms with Crippen molar-refractivity contribution in [3.63, 3.8) is 0 Å². The topological polar surface area (TPSA) is 82.4 Å². The highest BCUT2D eigenvalue weighted by molar-refractivity contribution is 5.81. The molecule has 1 amide bonds. The van der Waals surface area contributed by atoms with Crippen LogP contribution in [0.15, 0.2) is 36.4 Å². The van der Waals surface area contributed by atoms with Crippen molar-refractivity contribution >= 4 is 12.1 Å². The molecule has 5 nitrogen and oxygen atoms in total. The van der Waals surface area contributed by atoms with Gasteiger partial charge in [-0.2, -0.15) is 0 Å². The number of rotatable bonds is 16. The number of ether oxygens (including phenoxy) is 1. The van der Waals surface area contributed by atoms with Crippen LogP contribution in [-0.2, 0) is 16.0 Å². The zero-order chi connectivity index (χ0) is 33.9. The molecular formula is C38H63FN2O3. The summed E-state index contributed by atoms with van der Waals surface area (Å²) >= 11 is 0. The fraction of sp³-hybridized carbons (Fsp3) is 0.632. The SMILES string of the molecule is CC.CCCC.CCCC(C)C(O)COC(CC)C(=O)NC(Cc1ccc(-c2ccc(C=N)c(C)c2)cc1F)C(C)(C)CC. The van der Waals surface area contributed by atoms with Crippen LogP contribution in [-0.4, -0.2) is 42.1 Å². The van der Waals surface area contributed by atoms with Gasteiger partial charge >= 0.3 is 0 Å². The normalized spacial score (nSPS) is 13.8. The second-order valence-corrected chi connectivity index (χ2v) is 12.2. The number of amides is 1. The highest BCUT2D eigenvalue weighted by atomic mass is 19.1. The van der Waals surface area contributed by atoms with Gasteiger partial charge in [-0.15, -0.1) is 0 Å². The summed E-state index contributed by atoms with van der Waals surface area (Å²) in [5, 5.41) is 21.0. The Hall–Kier alpha value is -2.57. The van der Waals surface area contributed by atoms with Crippen molar-refractivity contribution in [2.24, 2.45) is 11.3 Å². The van der Waals surface area contributed by atoms with Crippen molar-refractivity contribution in [2.45, 2.75) is 139 Å². The van der Waals surface area contributed by atoms with Crippen LogP contribution in [0.1, 0.15) is 124 Å². The third-order valence-corrected chi connectivity index (χ3v) is 8.44. The zero-order valence-electron chi connectivity index (χ0n) is 29.6. The minimum atomic E-state index is -0.673. The summed E-state index contributed by atoms with van der Waals surface area (Å²) in [4.78, 5) is 13.2. The molecule has 2 aromatic rings. The van der Waals surface area contributed by atoms with E-state index in [4.69, 9.17) is 10.1 Å². The van der Waals surface area contributed by atoms with Crippen LogP contribution in [0.2, 0.25) is 0 Å². The Morgan fingerprint density at radius 1 is 1.02 bits per heavy atom. The fourth-order valence-corrected chi connectivity index (χ4v) is 4.57. The summed E-state index contributed by atoms with van der Waals surface area (Å²) in [7, 11) is 0. The minimum absolute atomic E-state index is 0.108. The molecule has 0 aromatic heterocycles. The van der Waals surface area contributed by atoms with Gasteiger partial charge in [-0.1, -0.05) is 119 Å². The van der Waals surface area contributed by atoms with Gasteiger partial charge < -0.3 is 20.6 Å². The molecule has 0 heterocycles. The molecule has 44 heavy (non-hydrogen) atoms. The first-order chi connectivity index (χ1) is 20.9. The lowest BCUT2D eigenvalue weighted by molar-refractivity contribution is -0.137. The molecule has 0 aliphatic rings. The lowest BCUT2D eigenvalue weighted by Gasteiger charge is -2.35. The Bertz CT molecular complexity index is 1100. The van der Waals surface area contributed by atoms with Gasteiger partial charge in [0, 0.05) is 12.3 Å². The molecule has 250 valence electrons. The number of carbonyl (C=O) groups excluding carboxylic acids is 1. The maximum atomic E-state index is 15.3. The van der Waals surface area contributed by atoms with Crippen LogP contribution in [0.3, 0.4) is 0 Å². The minimum Gasteiger partial charge on any atom is -0.390 e. The molecule has 2 aromatic carbocycles. The number of unbranched alkanes of at least 4 members (excludes halogenated alkanes) is 1. The van der Waals surface area contributed by atoms with Gasteiger partial charge in [0.2, 0.25) is 5.91 Å². The number of nitrogens with one attached hydrogen (secondary N) is 2. The summed E-state index contributed by atoms with van der Waals surface area (Å²) in [6.07, 6.45) is 6.20. The summed E-state index contributed by atoms with van der Waals surface area (Å²) in [5.74, 6) is -0.428. The number of carbonyl (C=O) groups is 1. The maximum absolute atomic E-state index is 15.3. The third kappa shape index (κ3) is 13.6. The van der Waals surface area contributed by atoms with E-state index in [1.807, 2.05) is 58.9 Å². The highest BCUT2D eigenvalue weighted by Gasteiger charge is 2.32. The van der Waals surface area contributed by atoms with E-state index in [2.05, 4.69) is 46.9 Å². The number of benzene rings is 2. The van der Waals surface area contributed by atoms with Gasteiger partial charge in [0.05, 0.1) is 12.7 Å². The standard InChI is InChI=1S/C32H47FN2O3.C4H10.C2H6/c1-8-11-21(4)28(36)20-38-29(9-2)31(37)35-30(32(6,7)10-3)18-25-14-12-24(17-27(25)33)23-13-15-26(19-34)22(5)16-23;1-3-4-2;1-2/h12-17,19,21,28-30,34,36H,8-11,18,20H2,1-7H3,(H,35,37);3-4H2,1-2H3;1-2H3. The third-order valence-electron chi connectivity index (χ3n) is 8.44. The molecule has 0 aliphatic carbocycles. The van der Waals surface area contributed by atoms with E-state index in [-0.39, 0.29) is 35.7 Å². The van der Waals surface area contributed by atoms with Crippen LogP contribution in [0.4, 0.5) is 4.39 Å². The fourth-order valence-electron chi connectivity index (χ4n) is 4.57. The molecule has 4 unspecified atom stereocenters. The van der Waals surface area contributed by atoms with Gasteiger partial charge in [0.15, 0.2) is 0 Å². The molecule has 2 rings (SSSR count). The highest BCUT2D eigenvalue weighted by Crippen LogP contribution is 2.30. The molecule has 6 heteroatoms. The van der Waals surface area contributed by atoms with Gasteiger partial charge in [-0.3, -0.25) is 4.79 Å². The molecule has 0 saturated carbocycles. The maximum Gasteiger partial charge on any atom is 0.249 e. The first-order valence-electron chi connectivity index (χ1n) is 16.9. The zero-order valence-corrected chi connectivity index (χ0v) is 29.6. The molecule has 0 fully saturated rings. The summed E-state index contributed by atoms with van der Waals surface area (Å²) < 4.78 is 21.2. The van der Waals surface area contributed by atoms with E-state index in [1.54, 1.807) is 12.1 Å². The quantitative estimate of drug-likeness (QED) is 0.165. The Labute approximate surface area is 268 Å². The van der Waals surface area contributed by atoms with E-state index < -0.39 is 12.2 Å². The first-order valence-corrected chi connectivity index (χ1v) is 16.9. The van der Waals surface area contributed by atoms with E-state index in [1.165, 1.54) is 19.1 Å². The average molecular weight is 615 g/mol. The van der Waals surface area contributed by atoms with Crippen LogP contribution in [0.25, 0.3) is 11.1 Å². The van der Waals surface area contributed by atoms with Gasteiger partial charge in [-0.05, 0) is 77.8 Å². The van der Waals surface area contributed by atoms with Crippen molar-refractivity contribution in [1.29, 1.82) is 5.41 Å². The number of aryl methyl sites for hydroxylation is 1. The van der Waals surface area contributed by atoms with E-state index >= 15 is 4.39 Å². The Balaban J connectivity index is 0.00000284. The number of aliphatic hydroxyl groups is 1. The Morgan fingerprint density at radius 3 is 2.09 bits per heavy atom. The monoisotopic (exact) mass is 614 g/mol. The van der Waals surface area contributed by atoms with Crippen molar-refractivity contribution in [3.05, 3.63) is 58.9 Å². The van der Waals surface area contributed by atoms with Crippen LogP contribution >= 0.6 is 0 Å². The van der Waals surface area contributed by atoms with E-state index in [0.29, 0.717) is 18.4 Å². The van der Waals surface area contributed by atoms with Crippen molar-refractivity contribution in [2.75, 3.05) is 6.61 Å². The van der Waals surface area contributed by atoms with E-state index in [9.17, 15) is 9.90 Å². The molecule has 0 spiro atoms. The average Bonchev–Trinajstić information content (AvgIpc) is 3.02. The molecule has 0 saturated heterocycles.